The highest BCUT2D eigenvalue weighted by Gasteiger charge is 2.05. The van der Waals surface area contributed by atoms with Crippen molar-refractivity contribution in [3.8, 4) is 0 Å². The van der Waals surface area contributed by atoms with Gasteiger partial charge in [-0.15, -0.1) is 0 Å². The zero-order valence-electron chi connectivity index (χ0n) is 5.63. The molecule has 1 heterocycles. The van der Waals surface area contributed by atoms with E-state index in [0.717, 1.165) is 0 Å². The van der Waals surface area contributed by atoms with E-state index in [2.05, 4.69) is 10.3 Å². The number of carbonyl (C=O) groups is 1. The second-order valence-electron chi connectivity index (χ2n) is 1.73. The van der Waals surface area contributed by atoms with Gasteiger partial charge < -0.3 is 9.73 Å². The minimum Gasteiger partial charge on any atom is -0.438 e. The number of oxazole rings is 1. The largest absolute Gasteiger partial charge is 0.438 e. The van der Waals surface area contributed by atoms with Gasteiger partial charge in [0.1, 0.15) is 0 Å². The molecule has 1 N–H and O–H groups in total. The Labute approximate surface area is 58.3 Å². The molecule has 10 heavy (non-hydrogen) atoms. The highest BCUT2D eigenvalue weighted by molar-refractivity contribution is 5.90. The van der Waals surface area contributed by atoms with Crippen molar-refractivity contribution in [1.82, 2.24) is 10.3 Å². The molecule has 54 valence electrons. The van der Waals surface area contributed by atoms with Gasteiger partial charge >= 0.3 is 0 Å². The Hall–Kier alpha value is -1.32. The van der Waals surface area contributed by atoms with Crippen LogP contribution in [-0.4, -0.2) is 17.4 Å². The first kappa shape index (κ1) is 6.80. The zero-order chi connectivity index (χ0) is 7.40. The summed E-state index contributed by atoms with van der Waals surface area (Å²) < 4.78 is 4.72. The fraction of sp³-hybridized carbons (Fsp3) is 0.333. The highest BCUT2D eigenvalue weighted by Crippen LogP contribution is 1.94. The van der Waals surface area contributed by atoms with E-state index < -0.39 is 0 Å². The monoisotopic (exact) mass is 140 g/mol. The topological polar surface area (TPSA) is 55.1 Å². The lowest BCUT2D eigenvalue weighted by atomic mass is 10.5. The predicted molar refractivity (Wildman–Crippen MR) is 34.5 cm³/mol. The van der Waals surface area contributed by atoms with Crippen molar-refractivity contribution in [3.63, 3.8) is 0 Å². The summed E-state index contributed by atoms with van der Waals surface area (Å²) in [6.45, 7) is 2.44. The summed E-state index contributed by atoms with van der Waals surface area (Å²) in [6.07, 6.45) is 2.61. The first-order valence-corrected chi connectivity index (χ1v) is 3.01. The lowest BCUT2D eigenvalue weighted by Gasteiger charge is -1.94. The molecule has 0 saturated heterocycles. The summed E-state index contributed by atoms with van der Waals surface area (Å²) in [5, 5.41) is 2.58. The van der Waals surface area contributed by atoms with Crippen LogP contribution in [-0.2, 0) is 0 Å². The van der Waals surface area contributed by atoms with Crippen molar-refractivity contribution in [3.05, 3.63) is 18.4 Å². The van der Waals surface area contributed by atoms with E-state index in [0.29, 0.717) is 6.54 Å². The number of rotatable bonds is 2. The lowest BCUT2D eigenvalue weighted by Crippen LogP contribution is -2.21. The van der Waals surface area contributed by atoms with Gasteiger partial charge in [0.05, 0.1) is 6.20 Å². The van der Waals surface area contributed by atoms with Crippen LogP contribution in [0.2, 0.25) is 0 Å². The summed E-state index contributed by atoms with van der Waals surface area (Å²) in [7, 11) is 0. The van der Waals surface area contributed by atoms with E-state index in [1.807, 2.05) is 6.92 Å². The van der Waals surface area contributed by atoms with Crippen LogP contribution in [0.3, 0.4) is 0 Å². The summed E-state index contributed by atoms with van der Waals surface area (Å²) in [5.41, 5.74) is 0. The lowest BCUT2D eigenvalue weighted by molar-refractivity contribution is 0.0928. The molecule has 0 radical (unpaired) electrons. The molecule has 1 rings (SSSR count). The third-order valence-electron chi connectivity index (χ3n) is 0.993. The summed E-state index contributed by atoms with van der Waals surface area (Å²) >= 11 is 0. The van der Waals surface area contributed by atoms with Crippen LogP contribution in [0.1, 0.15) is 17.5 Å². The molecule has 0 fully saturated rings. The third kappa shape index (κ3) is 1.34. The summed E-state index contributed by atoms with van der Waals surface area (Å²) in [5.74, 6) is 0.0295. The van der Waals surface area contributed by atoms with Crippen LogP contribution in [0.5, 0.6) is 0 Å². The summed E-state index contributed by atoms with van der Waals surface area (Å²) in [6, 6.07) is 0. The van der Waals surface area contributed by atoms with Gasteiger partial charge in [-0.3, -0.25) is 4.79 Å². The Morgan fingerprint density at radius 2 is 2.70 bits per heavy atom. The number of amides is 1. The quantitative estimate of drug-likeness (QED) is 0.647. The maximum atomic E-state index is 10.9. The molecular weight excluding hydrogens is 132 g/mol. The molecular formula is C6H8N2O2. The smallest absolute Gasteiger partial charge is 0.288 e. The average Bonchev–Trinajstić information content (AvgIpc) is 2.38. The normalized spacial score (nSPS) is 9.30. The minimum atomic E-state index is -0.222. The second-order valence-corrected chi connectivity index (χ2v) is 1.73. The van der Waals surface area contributed by atoms with Crippen molar-refractivity contribution in [2.75, 3.05) is 6.54 Å². The molecule has 1 amide bonds. The van der Waals surface area contributed by atoms with Crippen LogP contribution in [0.15, 0.2) is 17.0 Å². The van der Waals surface area contributed by atoms with Gasteiger partial charge in [-0.05, 0) is 6.92 Å². The molecule has 0 aromatic carbocycles. The van der Waals surface area contributed by atoms with Gasteiger partial charge in [0.25, 0.3) is 5.91 Å². The Morgan fingerprint density at radius 1 is 1.90 bits per heavy atom. The first-order chi connectivity index (χ1) is 4.84. The Kier molecular flexibility index (Phi) is 2.04. The number of hydrogen-bond acceptors (Lipinski definition) is 3. The number of nitrogens with zero attached hydrogens (tertiary/aromatic N) is 1. The van der Waals surface area contributed by atoms with Crippen LogP contribution in [0.4, 0.5) is 0 Å². The van der Waals surface area contributed by atoms with E-state index in [9.17, 15) is 4.79 Å². The Morgan fingerprint density at radius 3 is 3.20 bits per heavy atom. The average molecular weight is 140 g/mol. The number of nitrogens with one attached hydrogen (secondary N) is 1. The molecule has 0 aliphatic heterocycles. The Bertz CT molecular complexity index is 206. The van der Waals surface area contributed by atoms with Crippen LogP contribution >= 0.6 is 0 Å². The van der Waals surface area contributed by atoms with Gasteiger partial charge in [-0.1, -0.05) is 0 Å². The molecule has 0 bridgehead atoms. The fourth-order valence-corrected chi connectivity index (χ4v) is 0.576. The van der Waals surface area contributed by atoms with Crippen LogP contribution in [0, 0.1) is 0 Å². The highest BCUT2D eigenvalue weighted by atomic mass is 16.3. The van der Waals surface area contributed by atoms with Gasteiger partial charge in [0, 0.05) is 6.54 Å². The minimum absolute atomic E-state index is 0.222. The van der Waals surface area contributed by atoms with Crippen molar-refractivity contribution >= 4 is 5.91 Å². The van der Waals surface area contributed by atoms with Crippen LogP contribution < -0.4 is 5.32 Å². The van der Waals surface area contributed by atoms with E-state index >= 15 is 0 Å². The van der Waals surface area contributed by atoms with Crippen molar-refractivity contribution in [2.45, 2.75) is 6.92 Å². The SMILES string of the molecule is CCNC(=O)c1cnco1. The molecule has 4 heteroatoms. The number of carbonyl (C=O) groups excluding carboxylic acids is 1. The van der Waals surface area contributed by atoms with Gasteiger partial charge in [0.2, 0.25) is 5.76 Å². The number of hydrogen-bond donors (Lipinski definition) is 1. The Balaban J connectivity index is 2.59. The van der Waals surface area contributed by atoms with Crippen molar-refractivity contribution < 1.29 is 9.21 Å². The van der Waals surface area contributed by atoms with Gasteiger partial charge in [0.15, 0.2) is 6.39 Å². The molecule has 4 nitrogen and oxygen atoms in total. The molecule has 0 spiro atoms. The maximum Gasteiger partial charge on any atom is 0.288 e. The van der Waals surface area contributed by atoms with Gasteiger partial charge in [-0.25, -0.2) is 4.98 Å². The van der Waals surface area contributed by atoms with Crippen LogP contribution in [0.25, 0.3) is 0 Å². The van der Waals surface area contributed by atoms with Gasteiger partial charge in [-0.2, -0.15) is 0 Å². The first-order valence-electron chi connectivity index (χ1n) is 3.01. The standard InChI is InChI=1S/C6H8N2O2/c1-2-8-6(9)5-3-7-4-10-5/h3-4H,2H2,1H3,(H,8,9). The number of aromatic nitrogens is 1. The van der Waals surface area contributed by atoms with E-state index in [1.165, 1.54) is 12.6 Å². The zero-order valence-corrected chi connectivity index (χ0v) is 5.63. The molecule has 0 unspecified atom stereocenters. The molecule has 0 aliphatic rings. The van der Waals surface area contributed by atoms with E-state index in [1.54, 1.807) is 0 Å². The molecule has 0 saturated carbocycles. The second kappa shape index (κ2) is 3.00. The molecule has 0 aliphatic carbocycles. The van der Waals surface area contributed by atoms with E-state index in [4.69, 9.17) is 4.42 Å². The maximum absolute atomic E-state index is 10.9. The molecule has 1 aromatic heterocycles. The fourth-order valence-electron chi connectivity index (χ4n) is 0.576. The molecule has 1 aromatic rings. The molecule has 0 atom stereocenters. The summed E-state index contributed by atoms with van der Waals surface area (Å²) in [4.78, 5) is 14.5. The third-order valence-corrected chi connectivity index (χ3v) is 0.993. The van der Waals surface area contributed by atoms with E-state index in [-0.39, 0.29) is 11.7 Å². The van der Waals surface area contributed by atoms with Crippen molar-refractivity contribution in [2.24, 2.45) is 0 Å². The van der Waals surface area contributed by atoms with Crippen molar-refractivity contribution in [1.29, 1.82) is 0 Å². The predicted octanol–water partition coefficient (Wildman–Crippen LogP) is 0.424.